The molecular formula is C18H28N4O3S. The van der Waals surface area contributed by atoms with Crippen LogP contribution >= 0.6 is 0 Å². The molecule has 3 rings (SSSR count). The van der Waals surface area contributed by atoms with Gasteiger partial charge in [0.1, 0.15) is 0 Å². The van der Waals surface area contributed by atoms with E-state index in [1.807, 2.05) is 18.2 Å². The van der Waals surface area contributed by atoms with Crippen LogP contribution in [-0.4, -0.2) is 55.8 Å². The first-order valence-corrected chi connectivity index (χ1v) is 10.8. The van der Waals surface area contributed by atoms with E-state index in [2.05, 4.69) is 22.3 Å². The summed E-state index contributed by atoms with van der Waals surface area (Å²) in [5, 5.41) is 8.33. The number of rotatable bonds is 5. The number of hydrogen-bond donors (Lipinski definition) is 2. The highest BCUT2D eigenvalue weighted by molar-refractivity contribution is 7.86. The molecule has 0 saturated carbocycles. The molecule has 1 amide bonds. The van der Waals surface area contributed by atoms with Crippen LogP contribution in [0.3, 0.4) is 0 Å². The van der Waals surface area contributed by atoms with E-state index < -0.39 is 10.2 Å². The predicted molar refractivity (Wildman–Crippen MR) is 100 cm³/mol. The third kappa shape index (κ3) is 5.26. The Balaban J connectivity index is 1.47. The van der Waals surface area contributed by atoms with E-state index in [0.717, 1.165) is 32.5 Å². The number of amides is 1. The van der Waals surface area contributed by atoms with E-state index in [1.165, 1.54) is 9.87 Å². The molecule has 0 aromatic heterocycles. The maximum atomic E-state index is 12.6. The lowest BCUT2D eigenvalue weighted by atomic mass is 9.96. The van der Waals surface area contributed by atoms with Crippen LogP contribution in [0.5, 0.6) is 0 Å². The standard InChI is InChI=1S/C18H28N4O3S/c19-26(24,25)22-11-8-16(9-12-22)18(23)20-17-7-4-10-21(14-17)13-15-5-2-1-3-6-15/h1-3,5-6,16-17H,4,7-14H2,(H,20,23)(H2,19,24,25). The summed E-state index contributed by atoms with van der Waals surface area (Å²) in [6.07, 6.45) is 3.13. The van der Waals surface area contributed by atoms with Crippen LogP contribution in [0, 0.1) is 5.92 Å². The fourth-order valence-electron chi connectivity index (χ4n) is 3.85. The van der Waals surface area contributed by atoms with E-state index in [9.17, 15) is 13.2 Å². The van der Waals surface area contributed by atoms with Gasteiger partial charge >= 0.3 is 0 Å². The fraction of sp³-hybridized carbons (Fsp3) is 0.611. The Morgan fingerprint density at radius 1 is 1.12 bits per heavy atom. The number of nitrogens with one attached hydrogen (secondary N) is 1. The Hall–Kier alpha value is -1.48. The molecular weight excluding hydrogens is 352 g/mol. The number of benzene rings is 1. The Kier molecular flexibility index (Phi) is 6.29. The second kappa shape index (κ2) is 8.47. The van der Waals surface area contributed by atoms with Crippen molar-refractivity contribution in [3.8, 4) is 0 Å². The second-order valence-corrected chi connectivity index (χ2v) is 8.83. The third-order valence-corrected chi connectivity index (χ3v) is 6.37. The first kappa shape index (κ1) is 19.3. The van der Waals surface area contributed by atoms with Gasteiger partial charge in [-0.05, 0) is 37.8 Å². The number of hydrogen-bond acceptors (Lipinski definition) is 4. The molecule has 0 aliphatic carbocycles. The Morgan fingerprint density at radius 3 is 2.46 bits per heavy atom. The lowest BCUT2D eigenvalue weighted by Crippen LogP contribution is -2.51. The quantitative estimate of drug-likeness (QED) is 0.785. The predicted octanol–water partition coefficient (Wildman–Crippen LogP) is 0.683. The highest BCUT2D eigenvalue weighted by Gasteiger charge is 2.31. The number of nitrogens with two attached hydrogens (primary N) is 1. The molecule has 0 bridgehead atoms. The monoisotopic (exact) mass is 380 g/mol. The molecule has 2 aliphatic heterocycles. The van der Waals surface area contributed by atoms with Crippen molar-refractivity contribution in [3.05, 3.63) is 35.9 Å². The van der Waals surface area contributed by atoms with Crippen molar-refractivity contribution >= 4 is 16.1 Å². The molecule has 2 aliphatic rings. The Bertz CT molecular complexity index is 702. The van der Waals surface area contributed by atoms with Crippen LogP contribution in [0.15, 0.2) is 30.3 Å². The van der Waals surface area contributed by atoms with E-state index in [1.54, 1.807) is 0 Å². The van der Waals surface area contributed by atoms with Gasteiger partial charge in [0, 0.05) is 38.1 Å². The second-order valence-electron chi connectivity index (χ2n) is 7.29. The number of carbonyl (C=O) groups excluding carboxylic acids is 1. The number of piperidine rings is 2. The molecule has 0 spiro atoms. The van der Waals surface area contributed by atoms with Crippen LogP contribution < -0.4 is 10.5 Å². The molecule has 2 fully saturated rings. The highest BCUT2D eigenvalue weighted by atomic mass is 32.2. The van der Waals surface area contributed by atoms with E-state index in [4.69, 9.17) is 5.14 Å². The average Bonchev–Trinajstić information content (AvgIpc) is 2.62. The summed E-state index contributed by atoms with van der Waals surface area (Å²) in [6.45, 7) is 3.45. The SMILES string of the molecule is NS(=O)(=O)N1CCC(C(=O)NC2CCCN(Cc3ccccc3)C2)CC1. The highest BCUT2D eigenvalue weighted by Crippen LogP contribution is 2.20. The topological polar surface area (TPSA) is 95.7 Å². The number of likely N-dealkylation sites (tertiary alicyclic amines) is 1. The van der Waals surface area contributed by atoms with E-state index in [0.29, 0.717) is 25.9 Å². The van der Waals surface area contributed by atoms with Crippen molar-refractivity contribution in [2.24, 2.45) is 11.1 Å². The van der Waals surface area contributed by atoms with Gasteiger partial charge in [-0.2, -0.15) is 12.7 Å². The van der Waals surface area contributed by atoms with Gasteiger partial charge in [0.2, 0.25) is 5.91 Å². The van der Waals surface area contributed by atoms with Gasteiger partial charge in [-0.15, -0.1) is 0 Å². The molecule has 7 nitrogen and oxygen atoms in total. The molecule has 2 heterocycles. The van der Waals surface area contributed by atoms with Crippen molar-refractivity contribution in [3.63, 3.8) is 0 Å². The molecule has 0 radical (unpaired) electrons. The molecule has 26 heavy (non-hydrogen) atoms. The van der Waals surface area contributed by atoms with Gasteiger partial charge in [-0.3, -0.25) is 9.69 Å². The normalized spacial score (nSPS) is 23.7. The lowest BCUT2D eigenvalue weighted by molar-refractivity contribution is -0.127. The molecule has 1 atom stereocenters. The molecule has 3 N–H and O–H groups in total. The molecule has 1 aromatic carbocycles. The van der Waals surface area contributed by atoms with Crippen LogP contribution in [0.4, 0.5) is 0 Å². The summed E-state index contributed by atoms with van der Waals surface area (Å²) in [6, 6.07) is 10.5. The first-order valence-electron chi connectivity index (χ1n) is 9.26. The summed E-state index contributed by atoms with van der Waals surface area (Å²) >= 11 is 0. The molecule has 8 heteroatoms. The lowest BCUT2D eigenvalue weighted by Gasteiger charge is -2.35. The van der Waals surface area contributed by atoms with Gasteiger partial charge in [-0.1, -0.05) is 30.3 Å². The fourth-order valence-corrected chi connectivity index (χ4v) is 4.57. The average molecular weight is 381 g/mol. The summed E-state index contributed by atoms with van der Waals surface area (Å²) in [5.74, 6) is -0.0804. The van der Waals surface area contributed by atoms with Crippen molar-refractivity contribution < 1.29 is 13.2 Å². The third-order valence-electron chi connectivity index (χ3n) is 5.29. The van der Waals surface area contributed by atoms with Gasteiger partial charge in [0.25, 0.3) is 10.2 Å². The molecule has 2 saturated heterocycles. The first-order chi connectivity index (χ1) is 12.4. The minimum Gasteiger partial charge on any atom is -0.352 e. The van der Waals surface area contributed by atoms with Gasteiger partial charge in [-0.25, -0.2) is 5.14 Å². The van der Waals surface area contributed by atoms with Crippen LogP contribution in [0.1, 0.15) is 31.2 Å². The van der Waals surface area contributed by atoms with Gasteiger partial charge < -0.3 is 5.32 Å². The van der Waals surface area contributed by atoms with Gasteiger partial charge in [0.15, 0.2) is 0 Å². The van der Waals surface area contributed by atoms with Gasteiger partial charge in [0.05, 0.1) is 0 Å². The van der Waals surface area contributed by atoms with E-state index in [-0.39, 0.29) is 17.9 Å². The summed E-state index contributed by atoms with van der Waals surface area (Å²) in [4.78, 5) is 14.9. The smallest absolute Gasteiger partial charge is 0.276 e. The number of nitrogens with zero attached hydrogens (tertiary/aromatic N) is 2. The number of carbonyl (C=O) groups is 1. The van der Waals surface area contributed by atoms with Crippen LogP contribution in [0.25, 0.3) is 0 Å². The van der Waals surface area contributed by atoms with Crippen LogP contribution in [-0.2, 0) is 21.5 Å². The van der Waals surface area contributed by atoms with Crippen molar-refractivity contribution in [1.29, 1.82) is 0 Å². The zero-order valence-electron chi connectivity index (χ0n) is 15.0. The minimum atomic E-state index is -3.64. The Labute approximate surface area is 155 Å². The van der Waals surface area contributed by atoms with Crippen molar-refractivity contribution in [2.45, 2.75) is 38.3 Å². The van der Waals surface area contributed by atoms with E-state index >= 15 is 0 Å². The summed E-state index contributed by atoms with van der Waals surface area (Å²) in [7, 11) is -3.64. The van der Waals surface area contributed by atoms with Crippen molar-refractivity contribution in [2.75, 3.05) is 26.2 Å². The summed E-state index contributed by atoms with van der Waals surface area (Å²) in [5.41, 5.74) is 1.29. The maximum Gasteiger partial charge on any atom is 0.276 e. The zero-order chi connectivity index (χ0) is 18.6. The summed E-state index contributed by atoms with van der Waals surface area (Å²) < 4.78 is 24.0. The molecule has 144 valence electrons. The zero-order valence-corrected chi connectivity index (χ0v) is 15.8. The minimum absolute atomic E-state index is 0.0469. The molecule has 1 unspecified atom stereocenters. The maximum absolute atomic E-state index is 12.6. The Morgan fingerprint density at radius 2 is 1.81 bits per heavy atom. The largest absolute Gasteiger partial charge is 0.352 e. The molecule has 1 aromatic rings. The van der Waals surface area contributed by atoms with Crippen molar-refractivity contribution in [1.82, 2.24) is 14.5 Å². The van der Waals surface area contributed by atoms with Crippen LogP contribution in [0.2, 0.25) is 0 Å².